The van der Waals surface area contributed by atoms with Gasteiger partial charge in [-0.3, -0.25) is 9.69 Å². The predicted octanol–water partition coefficient (Wildman–Crippen LogP) is 2.06. The van der Waals surface area contributed by atoms with E-state index in [0.717, 1.165) is 32.6 Å². The van der Waals surface area contributed by atoms with Gasteiger partial charge in [-0.2, -0.15) is 0 Å². The Bertz CT molecular complexity index is 348. The van der Waals surface area contributed by atoms with Crippen molar-refractivity contribution in [1.82, 2.24) is 15.1 Å². The molecule has 3 fully saturated rings. The molecule has 0 radical (unpaired) electrons. The first kappa shape index (κ1) is 19.0. The molecule has 124 valence electrons. The molecule has 3 saturated heterocycles. The topological polar surface area (TPSA) is 35.6 Å². The maximum absolute atomic E-state index is 12.8. The number of piperazine rings is 1. The maximum Gasteiger partial charge on any atom is 0.242 e. The normalized spacial score (nSPS) is 33.4. The molecule has 0 aromatic heterocycles. The molecule has 1 amide bonds. The van der Waals surface area contributed by atoms with Gasteiger partial charge in [0.05, 0.1) is 5.54 Å². The van der Waals surface area contributed by atoms with Gasteiger partial charge in [0, 0.05) is 25.7 Å². The summed E-state index contributed by atoms with van der Waals surface area (Å²) in [7, 11) is 0. The average Bonchev–Trinajstić information content (AvgIpc) is 2.47. The summed E-state index contributed by atoms with van der Waals surface area (Å²) in [5, 5.41) is 3.46. The molecule has 3 aliphatic rings. The standard InChI is InChI=1S/C15H27N3O.2ClH/c1-15(7-3-4-8-16-15)14(19)18-11-10-17-9-5-2-6-13(17)12-18;;/h13,16H,2-12H2,1H3;2*1H. The Hall–Kier alpha value is -0.0300. The molecular formula is C15H29Cl2N3O. The summed E-state index contributed by atoms with van der Waals surface area (Å²) in [6.45, 7) is 7.28. The number of nitrogens with zero attached hydrogens (tertiary/aromatic N) is 2. The Balaban J connectivity index is 0.00000110. The Kier molecular flexibility index (Phi) is 7.25. The van der Waals surface area contributed by atoms with E-state index in [2.05, 4.69) is 22.0 Å². The van der Waals surface area contributed by atoms with E-state index in [4.69, 9.17) is 0 Å². The summed E-state index contributed by atoms with van der Waals surface area (Å²) in [6, 6.07) is 0.624. The lowest BCUT2D eigenvalue weighted by Gasteiger charge is -2.47. The molecule has 0 aromatic rings. The minimum atomic E-state index is -0.297. The number of fused-ring (bicyclic) bond motifs is 1. The highest BCUT2D eigenvalue weighted by molar-refractivity contribution is 5.86. The molecule has 6 heteroatoms. The van der Waals surface area contributed by atoms with Crippen LogP contribution in [0.3, 0.4) is 0 Å². The van der Waals surface area contributed by atoms with Crippen molar-refractivity contribution in [3.63, 3.8) is 0 Å². The second-order valence-corrected chi connectivity index (χ2v) is 6.65. The monoisotopic (exact) mass is 337 g/mol. The molecule has 21 heavy (non-hydrogen) atoms. The van der Waals surface area contributed by atoms with Gasteiger partial charge >= 0.3 is 0 Å². The third-order valence-corrected chi connectivity index (χ3v) is 5.22. The van der Waals surface area contributed by atoms with Crippen molar-refractivity contribution in [2.45, 2.75) is 57.0 Å². The lowest BCUT2D eigenvalue weighted by molar-refractivity contribution is -0.142. The Labute approximate surface area is 140 Å². The number of hydrogen-bond donors (Lipinski definition) is 1. The first-order valence-electron chi connectivity index (χ1n) is 7.97. The predicted molar refractivity (Wildman–Crippen MR) is 90.5 cm³/mol. The van der Waals surface area contributed by atoms with E-state index in [1.54, 1.807) is 0 Å². The highest BCUT2D eigenvalue weighted by Gasteiger charge is 2.40. The Morgan fingerprint density at radius 2 is 1.90 bits per heavy atom. The van der Waals surface area contributed by atoms with Crippen molar-refractivity contribution in [2.24, 2.45) is 0 Å². The Morgan fingerprint density at radius 1 is 1.10 bits per heavy atom. The summed E-state index contributed by atoms with van der Waals surface area (Å²) in [4.78, 5) is 17.5. The van der Waals surface area contributed by atoms with Crippen LogP contribution < -0.4 is 5.32 Å². The first-order valence-corrected chi connectivity index (χ1v) is 7.97. The van der Waals surface area contributed by atoms with E-state index >= 15 is 0 Å². The second kappa shape index (κ2) is 8.00. The smallest absolute Gasteiger partial charge is 0.242 e. The van der Waals surface area contributed by atoms with Gasteiger partial charge in [-0.05, 0) is 52.1 Å². The van der Waals surface area contributed by atoms with Gasteiger partial charge in [0.25, 0.3) is 0 Å². The van der Waals surface area contributed by atoms with Crippen molar-refractivity contribution in [2.75, 3.05) is 32.7 Å². The highest BCUT2D eigenvalue weighted by Crippen LogP contribution is 2.25. The van der Waals surface area contributed by atoms with Gasteiger partial charge in [0.1, 0.15) is 0 Å². The molecule has 0 aliphatic carbocycles. The largest absolute Gasteiger partial charge is 0.338 e. The van der Waals surface area contributed by atoms with Gasteiger partial charge in [-0.1, -0.05) is 6.42 Å². The van der Waals surface area contributed by atoms with Crippen molar-refractivity contribution in [3.8, 4) is 0 Å². The number of rotatable bonds is 1. The van der Waals surface area contributed by atoms with Crippen LogP contribution >= 0.6 is 24.8 Å². The number of amides is 1. The van der Waals surface area contributed by atoms with E-state index in [9.17, 15) is 4.79 Å². The zero-order valence-corrected chi connectivity index (χ0v) is 14.6. The number of halogens is 2. The Morgan fingerprint density at radius 3 is 2.62 bits per heavy atom. The van der Waals surface area contributed by atoms with E-state index in [1.807, 2.05) is 0 Å². The third-order valence-electron chi connectivity index (χ3n) is 5.22. The molecule has 3 aliphatic heterocycles. The fraction of sp³-hybridized carbons (Fsp3) is 0.933. The van der Waals surface area contributed by atoms with Crippen LogP contribution in [-0.2, 0) is 4.79 Å². The SMILES string of the molecule is CC1(C(=O)N2CCN3CCCCC3C2)CCCCN1.Cl.Cl. The lowest BCUT2D eigenvalue weighted by Crippen LogP contribution is -2.63. The fourth-order valence-corrected chi connectivity index (χ4v) is 3.93. The number of carbonyl (C=O) groups excluding carboxylic acids is 1. The molecule has 3 rings (SSSR count). The van der Waals surface area contributed by atoms with Gasteiger partial charge in [0.15, 0.2) is 0 Å². The lowest BCUT2D eigenvalue weighted by atomic mass is 9.88. The molecule has 0 spiro atoms. The summed E-state index contributed by atoms with van der Waals surface area (Å²) >= 11 is 0. The van der Waals surface area contributed by atoms with E-state index < -0.39 is 0 Å². The molecule has 0 aromatic carbocycles. The van der Waals surface area contributed by atoms with Gasteiger partial charge < -0.3 is 10.2 Å². The van der Waals surface area contributed by atoms with Crippen molar-refractivity contribution in [1.29, 1.82) is 0 Å². The maximum atomic E-state index is 12.8. The van der Waals surface area contributed by atoms with Gasteiger partial charge in [0.2, 0.25) is 5.91 Å². The van der Waals surface area contributed by atoms with Crippen molar-refractivity contribution < 1.29 is 4.79 Å². The van der Waals surface area contributed by atoms with Crippen LogP contribution in [0.4, 0.5) is 0 Å². The highest BCUT2D eigenvalue weighted by atomic mass is 35.5. The molecule has 2 atom stereocenters. The van der Waals surface area contributed by atoms with Crippen LogP contribution in [-0.4, -0.2) is 60.0 Å². The molecule has 1 N–H and O–H groups in total. The third kappa shape index (κ3) is 4.04. The molecule has 0 saturated carbocycles. The van der Waals surface area contributed by atoms with Crippen LogP contribution in [0.25, 0.3) is 0 Å². The van der Waals surface area contributed by atoms with Crippen molar-refractivity contribution in [3.05, 3.63) is 0 Å². The van der Waals surface area contributed by atoms with E-state index in [1.165, 1.54) is 38.6 Å². The van der Waals surface area contributed by atoms with Crippen LogP contribution in [0.15, 0.2) is 0 Å². The quantitative estimate of drug-likeness (QED) is 0.795. The van der Waals surface area contributed by atoms with E-state index in [-0.39, 0.29) is 30.4 Å². The minimum absolute atomic E-state index is 0. The number of carbonyl (C=O) groups is 1. The number of hydrogen-bond acceptors (Lipinski definition) is 3. The summed E-state index contributed by atoms with van der Waals surface area (Å²) in [6.07, 6.45) is 7.32. The molecule has 3 heterocycles. The van der Waals surface area contributed by atoms with Crippen LogP contribution in [0.2, 0.25) is 0 Å². The number of piperidine rings is 2. The van der Waals surface area contributed by atoms with Crippen LogP contribution in [0.5, 0.6) is 0 Å². The van der Waals surface area contributed by atoms with Crippen LogP contribution in [0, 0.1) is 0 Å². The molecular weight excluding hydrogens is 309 g/mol. The summed E-state index contributed by atoms with van der Waals surface area (Å²) < 4.78 is 0. The van der Waals surface area contributed by atoms with Gasteiger partial charge in [-0.25, -0.2) is 0 Å². The van der Waals surface area contributed by atoms with Crippen molar-refractivity contribution >= 4 is 30.7 Å². The average molecular weight is 338 g/mol. The van der Waals surface area contributed by atoms with Crippen LogP contribution in [0.1, 0.15) is 45.4 Å². The molecule has 0 bridgehead atoms. The molecule has 2 unspecified atom stereocenters. The summed E-state index contributed by atoms with van der Waals surface area (Å²) in [5.41, 5.74) is -0.297. The van der Waals surface area contributed by atoms with E-state index in [0.29, 0.717) is 11.9 Å². The first-order chi connectivity index (χ1) is 9.19. The van der Waals surface area contributed by atoms with Gasteiger partial charge in [-0.15, -0.1) is 24.8 Å². The zero-order chi connectivity index (χ0) is 13.3. The summed E-state index contributed by atoms with van der Waals surface area (Å²) in [5.74, 6) is 0.345. The molecule has 4 nitrogen and oxygen atoms in total. The fourth-order valence-electron chi connectivity index (χ4n) is 3.93. The second-order valence-electron chi connectivity index (χ2n) is 6.65. The minimum Gasteiger partial charge on any atom is -0.338 e. The number of nitrogens with one attached hydrogen (secondary N) is 1. The zero-order valence-electron chi connectivity index (χ0n) is 13.0.